The lowest BCUT2D eigenvalue weighted by atomic mass is 9.88. The van der Waals surface area contributed by atoms with Gasteiger partial charge in [-0.05, 0) is 58.0 Å². The highest BCUT2D eigenvalue weighted by Gasteiger charge is 2.35. The third-order valence-corrected chi connectivity index (χ3v) is 5.15. The van der Waals surface area contributed by atoms with E-state index in [1.807, 2.05) is 0 Å². The summed E-state index contributed by atoms with van der Waals surface area (Å²) >= 11 is 0. The van der Waals surface area contributed by atoms with Gasteiger partial charge in [0, 0.05) is 24.7 Å². The van der Waals surface area contributed by atoms with Gasteiger partial charge in [0.25, 0.3) is 0 Å². The van der Waals surface area contributed by atoms with Crippen LogP contribution in [0.4, 0.5) is 0 Å². The Hall–Kier alpha value is -0.0800. The number of hydrogen-bond acceptors (Lipinski definition) is 2. The van der Waals surface area contributed by atoms with E-state index in [1.165, 1.54) is 58.2 Å². The molecule has 0 saturated carbocycles. The van der Waals surface area contributed by atoms with Crippen LogP contribution in [0.1, 0.15) is 66.2 Å². The average molecular weight is 266 g/mol. The summed E-state index contributed by atoms with van der Waals surface area (Å²) < 4.78 is 0. The van der Waals surface area contributed by atoms with Crippen LogP contribution in [0.2, 0.25) is 0 Å². The summed E-state index contributed by atoms with van der Waals surface area (Å²) in [4.78, 5) is 5.60. The SMILES string of the molecule is CCC1CC(N2CCCCC2)CC(C)N1CC(C)C. The molecule has 2 saturated heterocycles. The molecule has 0 spiro atoms. The highest BCUT2D eigenvalue weighted by molar-refractivity contribution is 4.91. The van der Waals surface area contributed by atoms with Crippen LogP contribution in [-0.2, 0) is 0 Å². The van der Waals surface area contributed by atoms with Gasteiger partial charge in [-0.25, -0.2) is 0 Å². The smallest absolute Gasteiger partial charge is 0.0125 e. The molecule has 0 amide bonds. The van der Waals surface area contributed by atoms with Gasteiger partial charge in [0.1, 0.15) is 0 Å². The van der Waals surface area contributed by atoms with Gasteiger partial charge in [0.2, 0.25) is 0 Å². The molecular weight excluding hydrogens is 232 g/mol. The van der Waals surface area contributed by atoms with Crippen LogP contribution >= 0.6 is 0 Å². The van der Waals surface area contributed by atoms with E-state index >= 15 is 0 Å². The van der Waals surface area contributed by atoms with Crippen LogP contribution in [0.15, 0.2) is 0 Å². The fraction of sp³-hybridized carbons (Fsp3) is 1.00. The predicted octanol–water partition coefficient (Wildman–Crippen LogP) is 3.76. The normalized spacial score (nSPS) is 34.9. The van der Waals surface area contributed by atoms with Crippen molar-refractivity contribution in [1.82, 2.24) is 9.80 Å². The topological polar surface area (TPSA) is 6.48 Å². The van der Waals surface area contributed by atoms with E-state index in [4.69, 9.17) is 0 Å². The second-order valence-corrected chi connectivity index (χ2v) is 7.22. The van der Waals surface area contributed by atoms with Crippen LogP contribution in [0.3, 0.4) is 0 Å². The van der Waals surface area contributed by atoms with Crippen molar-refractivity contribution in [2.45, 2.75) is 84.3 Å². The van der Waals surface area contributed by atoms with Crippen LogP contribution in [0.25, 0.3) is 0 Å². The second-order valence-electron chi connectivity index (χ2n) is 7.22. The van der Waals surface area contributed by atoms with Gasteiger partial charge in [-0.1, -0.05) is 27.2 Å². The van der Waals surface area contributed by atoms with Crippen molar-refractivity contribution in [3.63, 3.8) is 0 Å². The molecule has 0 aliphatic carbocycles. The average Bonchev–Trinajstić information content (AvgIpc) is 2.41. The van der Waals surface area contributed by atoms with Gasteiger partial charge in [-0.15, -0.1) is 0 Å². The zero-order valence-corrected chi connectivity index (χ0v) is 13.6. The summed E-state index contributed by atoms with van der Waals surface area (Å²) in [7, 11) is 0. The van der Waals surface area contributed by atoms with Crippen molar-refractivity contribution in [3.8, 4) is 0 Å². The molecule has 0 aromatic carbocycles. The van der Waals surface area contributed by atoms with Crippen molar-refractivity contribution < 1.29 is 0 Å². The number of likely N-dealkylation sites (tertiary alicyclic amines) is 2. The van der Waals surface area contributed by atoms with Crippen LogP contribution in [-0.4, -0.2) is 47.6 Å². The minimum Gasteiger partial charge on any atom is -0.300 e. The summed E-state index contributed by atoms with van der Waals surface area (Å²) in [5.74, 6) is 0.794. The van der Waals surface area contributed by atoms with Gasteiger partial charge in [-0.2, -0.15) is 0 Å². The van der Waals surface area contributed by atoms with Crippen molar-refractivity contribution in [3.05, 3.63) is 0 Å². The molecule has 3 unspecified atom stereocenters. The third-order valence-electron chi connectivity index (χ3n) is 5.15. The monoisotopic (exact) mass is 266 g/mol. The molecule has 2 heteroatoms. The fourth-order valence-corrected chi connectivity index (χ4v) is 4.17. The van der Waals surface area contributed by atoms with E-state index in [0.717, 1.165) is 24.0 Å². The van der Waals surface area contributed by atoms with Crippen molar-refractivity contribution in [2.75, 3.05) is 19.6 Å². The molecule has 0 bridgehead atoms. The fourth-order valence-electron chi connectivity index (χ4n) is 4.17. The Morgan fingerprint density at radius 2 is 1.74 bits per heavy atom. The summed E-state index contributed by atoms with van der Waals surface area (Å²) in [5, 5.41) is 0. The lowest BCUT2D eigenvalue weighted by molar-refractivity contribution is 0.0132. The standard InChI is InChI=1S/C17H34N2/c1-5-16-12-17(18-9-7-6-8-10-18)11-15(4)19(16)13-14(2)3/h14-17H,5-13H2,1-4H3. The Kier molecular flexibility index (Phi) is 5.70. The van der Waals surface area contributed by atoms with E-state index in [1.54, 1.807) is 0 Å². The molecule has 0 radical (unpaired) electrons. The van der Waals surface area contributed by atoms with E-state index in [2.05, 4.69) is 37.5 Å². The number of piperidine rings is 2. The Bertz CT molecular complexity index is 258. The highest BCUT2D eigenvalue weighted by atomic mass is 15.2. The van der Waals surface area contributed by atoms with E-state index < -0.39 is 0 Å². The van der Waals surface area contributed by atoms with Crippen molar-refractivity contribution in [2.24, 2.45) is 5.92 Å². The number of hydrogen-bond donors (Lipinski definition) is 0. The number of rotatable bonds is 4. The molecule has 19 heavy (non-hydrogen) atoms. The molecule has 2 heterocycles. The lowest BCUT2D eigenvalue weighted by Gasteiger charge is -2.48. The Balaban J connectivity index is 1.96. The zero-order valence-electron chi connectivity index (χ0n) is 13.6. The molecule has 0 aromatic heterocycles. The van der Waals surface area contributed by atoms with Gasteiger partial charge in [0.15, 0.2) is 0 Å². The second kappa shape index (κ2) is 7.08. The first-order chi connectivity index (χ1) is 9.11. The maximum atomic E-state index is 2.80. The van der Waals surface area contributed by atoms with Crippen LogP contribution in [0.5, 0.6) is 0 Å². The molecule has 0 aromatic rings. The zero-order chi connectivity index (χ0) is 13.8. The van der Waals surface area contributed by atoms with Gasteiger partial charge in [0.05, 0.1) is 0 Å². The maximum absolute atomic E-state index is 2.80. The Morgan fingerprint density at radius 3 is 2.32 bits per heavy atom. The van der Waals surface area contributed by atoms with E-state index in [0.29, 0.717) is 0 Å². The first-order valence-electron chi connectivity index (χ1n) is 8.61. The molecule has 2 aliphatic heterocycles. The first-order valence-corrected chi connectivity index (χ1v) is 8.61. The minimum atomic E-state index is 0.771. The van der Waals surface area contributed by atoms with Gasteiger partial charge < -0.3 is 4.90 Å². The minimum absolute atomic E-state index is 0.771. The molecule has 2 aliphatic rings. The van der Waals surface area contributed by atoms with Gasteiger partial charge >= 0.3 is 0 Å². The largest absolute Gasteiger partial charge is 0.300 e. The van der Waals surface area contributed by atoms with Crippen molar-refractivity contribution in [1.29, 1.82) is 0 Å². The first kappa shape index (κ1) is 15.3. The van der Waals surface area contributed by atoms with E-state index in [-0.39, 0.29) is 0 Å². The predicted molar refractivity (Wildman–Crippen MR) is 83.5 cm³/mol. The van der Waals surface area contributed by atoms with E-state index in [9.17, 15) is 0 Å². The Morgan fingerprint density at radius 1 is 1.05 bits per heavy atom. The number of nitrogens with zero attached hydrogens (tertiary/aromatic N) is 2. The highest BCUT2D eigenvalue weighted by Crippen LogP contribution is 2.30. The molecule has 2 nitrogen and oxygen atoms in total. The molecule has 2 fully saturated rings. The summed E-state index contributed by atoms with van der Waals surface area (Å²) in [6, 6.07) is 2.45. The van der Waals surface area contributed by atoms with Crippen molar-refractivity contribution >= 4 is 0 Å². The maximum Gasteiger partial charge on any atom is 0.0125 e. The summed E-state index contributed by atoms with van der Waals surface area (Å²) in [6.07, 6.45) is 8.43. The molecule has 3 atom stereocenters. The quantitative estimate of drug-likeness (QED) is 0.764. The van der Waals surface area contributed by atoms with Crippen LogP contribution < -0.4 is 0 Å². The molecule has 112 valence electrons. The molecular formula is C17H34N2. The summed E-state index contributed by atoms with van der Waals surface area (Å²) in [6.45, 7) is 13.6. The summed E-state index contributed by atoms with van der Waals surface area (Å²) in [5.41, 5.74) is 0. The molecule has 2 rings (SSSR count). The lowest BCUT2D eigenvalue weighted by Crippen LogP contribution is -2.55. The Labute approximate surface area is 120 Å². The van der Waals surface area contributed by atoms with Gasteiger partial charge in [-0.3, -0.25) is 4.90 Å². The third kappa shape index (κ3) is 3.95. The molecule has 0 N–H and O–H groups in total. The van der Waals surface area contributed by atoms with Crippen LogP contribution in [0, 0.1) is 5.92 Å².